The van der Waals surface area contributed by atoms with E-state index < -0.39 is 0 Å². The molecule has 4 rings (SSSR count). The molecule has 0 spiro atoms. The lowest BCUT2D eigenvalue weighted by molar-refractivity contribution is 0.100. The average Bonchev–Trinajstić information content (AvgIpc) is 2.53. The third kappa shape index (κ3) is 2.25. The third-order valence-corrected chi connectivity index (χ3v) is 5.42. The zero-order valence-corrected chi connectivity index (χ0v) is 16.3. The predicted octanol–water partition coefficient (Wildman–Crippen LogP) is 6.09. The molecule has 0 bridgehead atoms. The lowest BCUT2D eigenvalue weighted by Crippen LogP contribution is -2.23. The van der Waals surface area contributed by atoms with E-state index in [1.165, 1.54) is 0 Å². The molecule has 2 aliphatic carbocycles. The SMILES string of the molecule is CC(C)(C)C1=Cc2ccc3c4c(ccc(c24)C1=O)C=C(C(C)(C)C)C3=O. The fourth-order valence-electron chi connectivity index (χ4n) is 4.01. The minimum absolute atomic E-state index is 0.0757. The molecule has 2 aromatic rings. The predicted molar refractivity (Wildman–Crippen MR) is 107 cm³/mol. The van der Waals surface area contributed by atoms with Crippen LogP contribution in [0.3, 0.4) is 0 Å². The Kier molecular flexibility index (Phi) is 3.28. The van der Waals surface area contributed by atoms with Crippen LogP contribution in [-0.2, 0) is 0 Å². The van der Waals surface area contributed by atoms with Crippen LogP contribution in [0.25, 0.3) is 22.9 Å². The highest BCUT2D eigenvalue weighted by atomic mass is 16.1. The van der Waals surface area contributed by atoms with Gasteiger partial charge >= 0.3 is 0 Å². The number of carbonyl (C=O) groups is 2. The first-order chi connectivity index (χ1) is 12.0. The van der Waals surface area contributed by atoms with Gasteiger partial charge in [0.2, 0.25) is 0 Å². The smallest absolute Gasteiger partial charge is 0.190 e. The molecule has 0 heterocycles. The van der Waals surface area contributed by atoms with Gasteiger partial charge in [-0.1, -0.05) is 53.7 Å². The van der Waals surface area contributed by atoms with Crippen LogP contribution in [0.15, 0.2) is 35.4 Å². The van der Waals surface area contributed by atoms with Crippen molar-refractivity contribution in [1.82, 2.24) is 0 Å². The summed E-state index contributed by atoms with van der Waals surface area (Å²) in [5, 5.41) is 1.85. The molecule has 2 aliphatic rings. The summed E-state index contributed by atoms with van der Waals surface area (Å²) in [4.78, 5) is 26.2. The van der Waals surface area contributed by atoms with Crippen LogP contribution < -0.4 is 0 Å². The van der Waals surface area contributed by atoms with E-state index in [2.05, 4.69) is 41.5 Å². The number of hydrogen-bond acceptors (Lipinski definition) is 2. The number of Topliss-reactive ketones (excluding diaryl/α,β-unsaturated/α-hetero) is 2. The molecule has 2 nitrogen and oxygen atoms in total. The molecule has 0 N–H and O–H groups in total. The Balaban J connectivity index is 2.09. The molecular formula is C24H24O2. The second-order valence-corrected chi connectivity index (χ2v) is 9.43. The van der Waals surface area contributed by atoms with Gasteiger partial charge in [0.15, 0.2) is 11.6 Å². The molecule has 0 aliphatic heterocycles. The normalized spacial score (nSPS) is 16.7. The van der Waals surface area contributed by atoms with Crippen LogP contribution in [0.2, 0.25) is 0 Å². The van der Waals surface area contributed by atoms with Crippen molar-refractivity contribution in [3.63, 3.8) is 0 Å². The fraction of sp³-hybridized carbons (Fsp3) is 0.333. The van der Waals surface area contributed by atoms with E-state index in [-0.39, 0.29) is 22.4 Å². The average molecular weight is 344 g/mol. The monoisotopic (exact) mass is 344 g/mol. The molecule has 0 radical (unpaired) electrons. The van der Waals surface area contributed by atoms with Gasteiger partial charge in [0, 0.05) is 33.0 Å². The lowest BCUT2D eigenvalue weighted by Gasteiger charge is -2.30. The molecular weight excluding hydrogens is 320 g/mol. The molecule has 26 heavy (non-hydrogen) atoms. The number of benzene rings is 2. The minimum Gasteiger partial charge on any atom is -0.289 e. The maximum Gasteiger partial charge on any atom is 0.190 e. The van der Waals surface area contributed by atoms with Crippen LogP contribution in [0.5, 0.6) is 0 Å². The summed E-state index contributed by atoms with van der Waals surface area (Å²) in [6.45, 7) is 12.4. The van der Waals surface area contributed by atoms with E-state index in [9.17, 15) is 9.59 Å². The zero-order chi connectivity index (χ0) is 19.0. The van der Waals surface area contributed by atoms with Crippen LogP contribution in [0.1, 0.15) is 73.4 Å². The molecule has 0 atom stereocenters. The Morgan fingerprint density at radius 1 is 0.577 bits per heavy atom. The van der Waals surface area contributed by atoms with Crippen molar-refractivity contribution in [3.8, 4) is 0 Å². The van der Waals surface area contributed by atoms with Gasteiger partial charge in [0.25, 0.3) is 0 Å². The molecule has 0 amide bonds. The van der Waals surface area contributed by atoms with E-state index in [4.69, 9.17) is 0 Å². The van der Waals surface area contributed by atoms with Gasteiger partial charge < -0.3 is 0 Å². The number of rotatable bonds is 0. The van der Waals surface area contributed by atoms with Gasteiger partial charge in [0.05, 0.1) is 0 Å². The fourth-order valence-corrected chi connectivity index (χ4v) is 4.01. The van der Waals surface area contributed by atoms with Crippen molar-refractivity contribution >= 4 is 34.5 Å². The van der Waals surface area contributed by atoms with Crippen molar-refractivity contribution in [2.45, 2.75) is 41.5 Å². The van der Waals surface area contributed by atoms with Crippen LogP contribution in [-0.4, -0.2) is 11.6 Å². The first kappa shape index (κ1) is 17.0. The zero-order valence-electron chi connectivity index (χ0n) is 16.3. The first-order valence-corrected chi connectivity index (χ1v) is 9.13. The maximum atomic E-state index is 13.1. The highest BCUT2D eigenvalue weighted by Crippen LogP contribution is 2.44. The van der Waals surface area contributed by atoms with Crippen LogP contribution in [0.4, 0.5) is 0 Å². The van der Waals surface area contributed by atoms with Crippen molar-refractivity contribution in [1.29, 1.82) is 0 Å². The molecule has 0 saturated heterocycles. The minimum atomic E-state index is -0.218. The van der Waals surface area contributed by atoms with Crippen molar-refractivity contribution in [2.75, 3.05) is 0 Å². The van der Waals surface area contributed by atoms with Crippen LogP contribution >= 0.6 is 0 Å². The summed E-state index contributed by atoms with van der Waals surface area (Å²) in [5.41, 5.74) is 4.70. The van der Waals surface area contributed by atoms with Gasteiger partial charge in [-0.2, -0.15) is 0 Å². The summed E-state index contributed by atoms with van der Waals surface area (Å²) in [7, 11) is 0. The second-order valence-electron chi connectivity index (χ2n) is 9.43. The van der Waals surface area contributed by atoms with Gasteiger partial charge in [0.1, 0.15) is 0 Å². The van der Waals surface area contributed by atoms with E-state index in [1.807, 2.05) is 36.4 Å². The second kappa shape index (κ2) is 5.03. The Hall–Kier alpha value is -2.48. The summed E-state index contributed by atoms with van der Waals surface area (Å²) >= 11 is 0. The molecule has 0 saturated carbocycles. The summed E-state index contributed by atoms with van der Waals surface area (Å²) in [6, 6.07) is 7.84. The Labute approximate surface area is 154 Å². The Morgan fingerprint density at radius 3 is 1.23 bits per heavy atom. The van der Waals surface area contributed by atoms with Gasteiger partial charge in [-0.3, -0.25) is 9.59 Å². The first-order valence-electron chi connectivity index (χ1n) is 9.13. The summed E-state index contributed by atoms with van der Waals surface area (Å²) in [6.07, 6.45) is 4.01. The third-order valence-electron chi connectivity index (χ3n) is 5.42. The Morgan fingerprint density at radius 2 is 0.923 bits per heavy atom. The molecule has 132 valence electrons. The van der Waals surface area contributed by atoms with Gasteiger partial charge in [-0.15, -0.1) is 0 Å². The Bertz CT molecular complexity index is 977. The van der Waals surface area contributed by atoms with Gasteiger partial charge in [-0.25, -0.2) is 0 Å². The topological polar surface area (TPSA) is 34.1 Å². The number of hydrogen-bond donors (Lipinski definition) is 0. The van der Waals surface area contributed by atoms with Gasteiger partial charge in [-0.05, 0) is 46.2 Å². The molecule has 0 fully saturated rings. The van der Waals surface area contributed by atoms with Crippen molar-refractivity contribution in [2.24, 2.45) is 10.8 Å². The molecule has 0 unspecified atom stereocenters. The van der Waals surface area contributed by atoms with Crippen molar-refractivity contribution < 1.29 is 9.59 Å². The van der Waals surface area contributed by atoms with Crippen molar-refractivity contribution in [3.05, 3.63) is 57.7 Å². The summed E-state index contributed by atoms with van der Waals surface area (Å²) in [5.74, 6) is 0.151. The number of ketones is 2. The standard InChI is InChI=1S/C24H24O2/c1-23(2,3)17-11-13-7-10-16-20-14(8-9-15(19(13)20)21(17)25)12-18(22(16)26)24(4,5)6/h7-12H,1-6H3. The number of allylic oxidation sites excluding steroid dienone is 2. The quantitative estimate of drug-likeness (QED) is 0.579. The highest BCUT2D eigenvalue weighted by molar-refractivity contribution is 6.30. The van der Waals surface area contributed by atoms with E-state index in [0.717, 1.165) is 33.0 Å². The van der Waals surface area contributed by atoms with E-state index >= 15 is 0 Å². The molecule has 2 heteroatoms. The highest BCUT2D eigenvalue weighted by Gasteiger charge is 2.34. The van der Waals surface area contributed by atoms with E-state index in [0.29, 0.717) is 11.1 Å². The molecule has 0 aromatic heterocycles. The number of carbonyl (C=O) groups excluding carboxylic acids is 2. The van der Waals surface area contributed by atoms with Crippen LogP contribution in [0, 0.1) is 10.8 Å². The summed E-state index contributed by atoms with van der Waals surface area (Å²) < 4.78 is 0. The lowest BCUT2D eigenvalue weighted by atomic mass is 9.72. The molecule has 2 aromatic carbocycles. The van der Waals surface area contributed by atoms with E-state index in [1.54, 1.807) is 0 Å². The maximum absolute atomic E-state index is 13.1. The largest absolute Gasteiger partial charge is 0.289 e.